The SMILES string of the molecule is COc1ccc([C@H](NCc2cn3ccccc3n2)C(F)(F)F)cc1. The van der Waals surface area contributed by atoms with E-state index in [1.54, 1.807) is 22.9 Å². The second kappa shape index (κ2) is 6.52. The average molecular weight is 335 g/mol. The first-order valence-electron chi connectivity index (χ1n) is 7.34. The summed E-state index contributed by atoms with van der Waals surface area (Å²) in [4.78, 5) is 4.30. The minimum atomic E-state index is -4.41. The Morgan fingerprint density at radius 2 is 1.92 bits per heavy atom. The molecule has 0 amide bonds. The third-order valence-corrected chi connectivity index (χ3v) is 3.68. The Morgan fingerprint density at radius 1 is 1.17 bits per heavy atom. The van der Waals surface area contributed by atoms with Crippen LogP contribution in [0.3, 0.4) is 0 Å². The number of alkyl halides is 3. The summed E-state index contributed by atoms with van der Waals surface area (Å²) in [7, 11) is 1.47. The zero-order valence-electron chi connectivity index (χ0n) is 12.9. The smallest absolute Gasteiger partial charge is 0.407 e. The Morgan fingerprint density at radius 3 is 2.54 bits per heavy atom. The monoisotopic (exact) mass is 335 g/mol. The first kappa shape index (κ1) is 16.3. The molecule has 0 fully saturated rings. The van der Waals surface area contributed by atoms with Crippen molar-refractivity contribution in [1.82, 2.24) is 14.7 Å². The van der Waals surface area contributed by atoms with Crippen molar-refractivity contribution in [3.8, 4) is 5.75 Å². The van der Waals surface area contributed by atoms with Crippen LogP contribution in [0.15, 0.2) is 54.9 Å². The molecule has 1 atom stereocenters. The first-order chi connectivity index (χ1) is 11.5. The van der Waals surface area contributed by atoms with Gasteiger partial charge in [0.05, 0.1) is 12.8 Å². The maximum Gasteiger partial charge on any atom is 0.407 e. The molecule has 2 aromatic heterocycles. The zero-order valence-corrected chi connectivity index (χ0v) is 12.9. The van der Waals surface area contributed by atoms with Crippen LogP contribution in [0.1, 0.15) is 17.3 Å². The van der Waals surface area contributed by atoms with Gasteiger partial charge in [0.1, 0.15) is 17.4 Å². The molecule has 1 N–H and O–H groups in total. The Labute approximate surface area is 136 Å². The molecule has 0 bridgehead atoms. The molecule has 0 saturated heterocycles. The van der Waals surface area contributed by atoms with Crippen LogP contribution in [-0.2, 0) is 6.54 Å². The number of nitrogens with zero attached hydrogens (tertiary/aromatic N) is 2. The predicted octanol–water partition coefficient (Wildman–Crippen LogP) is 3.74. The third kappa shape index (κ3) is 3.51. The molecule has 0 saturated carbocycles. The molecular weight excluding hydrogens is 319 g/mol. The van der Waals surface area contributed by atoms with Crippen molar-refractivity contribution in [3.05, 3.63) is 66.1 Å². The molecule has 3 rings (SSSR count). The molecule has 126 valence electrons. The molecule has 24 heavy (non-hydrogen) atoms. The Bertz CT molecular complexity index is 779. The van der Waals surface area contributed by atoms with Crippen molar-refractivity contribution < 1.29 is 17.9 Å². The average Bonchev–Trinajstić information content (AvgIpc) is 2.97. The van der Waals surface area contributed by atoms with E-state index in [1.165, 1.54) is 31.4 Å². The van der Waals surface area contributed by atoms with Crippen LogP contribution in [0.2, 0.25) is 0 Å². The summed E-state index contributed by atoms with van der Waals surface area (Å²) in [5, 5.41) is 2.55. The van der Waals surface area contributed by atoms with Crippen LogP contribution in [0, 0.1) is 0 Å². The highest BCUT2D eigenvalue weighted by Gasteiger charge is 2.40. The number of benzene rings is 1. The lowest BCUT2D eigenvalue weighted by Crippen LogP contribution is -2.33. The van der Waals surface area contributed by atoms with Crippen molar-refractivity contribution in [2.45, 2.75) is 18.8 Å². The number of pyridine rings is 1. The fourth-order valence-electron chi connectivity index (χ4n) is 2.50. The molecule has 0 spiro atoms. The number of nitrogens with one attached hydrogen (secondary N) is 1. The van der Waals surface area contributed by atoms with Gasteiger partial charge in [0.15, 0.2) is 0 Å². The molecule has 0 unspecified atom stereocenters. The van der Waals surface area contributed by atoms with Gasteiger partial charge in [-0.25, -0.2) is 4.98 Å². The number of methoxy groups -OCH3 is 1. The summed E-state index contributed by atoms with van der Waals surface area (Å²) in [6, 6.07) is 9.54. The molecule has 0 aliphatic carbocycles. The maximum atomic E-state index is 13.4. The molecule has 0 aliphatic rings. The highest BCUT2D eigenvalue weighted by atomic mass is 19.4. The number of hydrogen-bond acceptors (Lipinski definition) is 3. The minimum Gasteiger partial charge on any atom is -0.497 e. The number of hydrogen-bond donors (Lipinski definition) is 1. The molecule has 3 aromatic rings. The van der Waals surface area contributed by atoms with Crippen LogP contribution in [0.4, 0.5) is 13.2 Å². The lowest BCUT2D eigenvalue weighted by Gasteiger charge is -2.22. The molecule has 7 heteroatoms. The summed E-state index contributed by atoms with van der Waals surface area (Å²) >= 11 is 0. The summed E-state index contributed by atoms with van der Waals surface area (Å²) in [6.45, 7) is 0.0118. The Hall–Kier alpha value is -2.54. The number of rotatable bonds is 5. The fourth-order valence-corrected chi connectivity index (χ4v) is 2.50. The number of fused-ring (bicyclic) bond motifs is 1. The van der Waals surface area contributed by atoms with Gasteiger partial charge in [-0.05, 0) is 29.8 Å². The van der Waals surface area contributed by atoms with Crippen LogP contribution in [0.25, 0.3) is 5.65 Å². The van der Waals surface area contributed by atoms with Gasteiger partial charge in [-0.3, -0.25) is 5.32 Å². The van der Waals surface area contributed by atoms with Gasteiger partial charge in [-0.2, -0.15) is 13.2 Å². The molecule has 0 aliphatic heterocycles. The standard InChI is InChI=1S/C17H16F3N3O/c1-24-14-7-5-12(6-8-14)16(17(18,19)20)21-10-13-11-23-9-3-2-4-15(23)22-13/h2-9,11,16,21H,10H2,1H3/t16-/m0/s1. The van der Waals surface area contributed by atoms with Gasteiger partial charge in [-0.1, -0.05) is 18.2 Å². The van der Waals surface area contributed by atoms with E-state index in [4.69, 9.17) is 4.74 Å². The van der Waals surface area contributed by atoms with Crippen LogP contribution in [-0.4, -0.2) is 22.7 Å². The third-order valence-electron chi connectivity index (χ3n) is 3.68. The lowest BCUT2D eigenvalue weighted by atomic mass is 10.1. The van der Waals surface area contributed by atoms with E-state index in [0.29, 0.717) is 17.1 Å². The quantitative estimate of drug-likeness (QED) is 0.772. The van der Waals surface area contributed by atoms with Gasteiger partial charge in [0.2, 0.25) is 0 Å². The fraction of sp³-hybridized carbons (Fsp3) is 0.235. The van der Waals surface area contributed by atoms with E-state index in [9.17, 15) is 13.2 Å². The van der Waals surface area contributed by atoms with E-state index >= 15 is 0 Å². The lowest BCUT2D eigenvalue weighted by molar-refractivity contribution is -0.158. The maximum absolute atomic E-state index is 13.4. The molecule has 0 radical (unpaired) electrons. The molecular formula is C17H16F3N3O. The van der Waals surface area contributed by atoms with Crippen molar-refractivity contribution in [2.75, 3.05) is 7.11 Å². The number of imidazole rings is 1. The Balaban J connectivity index is 1.79. The number of halogens is 3. The van der Waals surface area contributed by atoms with E-state index in [2.05, 4.69) is 10.3 Å². The Kier molecular flexibility index (Phi) is 4.44. The van der Waals surface area contributed by atoms with Crippen molar-refractivity contribution in [3.63, 3.8) is 0 Å². The van der Waals surface area contributed by atoms with E-state index < -0.39 is 12.2 Å². The molecule has 1 aromatic carbocycles. The van der Waals surface area contributed by atoms with Crippen LogP contribution in [0.5, 0.6) is 5.75 Å². The normalized spacial score (nSPS) is 13.2. The van der Waals surface area contributed by atoms with Gasteiger partial charge >= 0.3 is 6.18 Å². The second-order valence-electron chi connectivity index (χ2n) is 5.33. The second-order valence-corrected chi connectivity index (χ2v) is 5.33. The zero-order chi connectivity index (χ0) is 17.2. The summed E-state index contributed by atoms with van der Waals surface area (Å²) in [5.74, 6) is 0.514. The predicted molar refractivity (Wildman–Crippen MR) is 83.8 cm³/mol. The summed E-state index contributed by atoms with van der Waals surface area (Å²) in [6.07, 6.45) is -0.895. The van der Waals surface area contributed by atoms with Gasteiger partial charge < -0.3 is 9.14 Å². The highest BCUT2D eigenvalue weighted by Crippen LogP contribution is 2.33. The topological polar surface area (TPSA) is 38.6 Å². The summed E-state index contributed by atoms with van der Waals surface area (Å²) < 4.78 is 46.9. The number of ether oxygens (including phenoxy) is 1. The molecule has 2 heterocycles. The number of aromatic nitrogens is 2. The van der Waals surface area contributed by atoms with E-state index in [0.717, 1.165) is 0 Å². The van der Waals surface area contributed by atoms with Crippen molar-refractivity contribution in [2.24, 2.45) is 0 Å². The van der Waals surface area contributed by atoms with Gasteiger partial charge in [0, 0.05) is 18.9 Å². The van der Waals surface area contributed by atoms with E-state index in [1.807, 2.05) is 12.1 Å². The van der Waals surface area contributed by atoms with Crippen molar-refractivity contribution in [1.29, 1.82) is 0 Å². The van der Waals surface area contributed by atoms with Gasteiger partial charge in [-0.15, -0.1) is 0 Å². The molecule has 4 nitrogen and oxygen atoms in total. The van der Waals surface area contributed by atoms with Gasteiger partial charge in [0.25, 0.3) is 0 Å². The van der Waals surface area contributed by atoms with E-state index in [-0.39, 0.29) is 12.1 Å². The highest BCUT2D eigenvalue weighted by molar-refractivity contribution is 5.39. The van der Waals surface area contributed by atoms with Crippen molar-refractivity contribution >= 4 is 5.65 Å². The summed E-state index contributed by atoms with van der Waals surface area (Å²) in [5.41, 5.74) is 1.37. The van der Waals surface area contributed by atoms with Crippen LogP contribution >= 0.6 is 0 Å². The largest absolute Gasteiger partial charge is 0.497 e. The van der Waals surface area contributed by atoms with Crippen LogP contribution < -0.4 is 10.1 Å². The first-order valence-corrected chi connectivity index (χ1v) is 7.34. The minimum absolute atomic E-state index is 0.0118.